The van der Waals surface area contributed by atoms with Gasteiger partial charge in [-0.3, -0.25) is 4.79 Å². The number of methoxy groups -OCH3 is 1. The van der Waals surface area contributed by atoms with E-state index in [4.69, 9.17) is 9.47 Å². The van der Waals surface area contributed by atoms with E-state index in [0.29, 0.717) is 28.2 Å². The summed E-state index contributed by atoms with van der Waals surface area (Å²) in [5.74, 6) is 1.10. The lowest BCUT2D eigenvalue weighted by Crippen LogP contribution is -2.19. The molecule has 4 rings (SSSR count). The van der Waals surface area contributed by atoms with Crippen LogP contribution in [0.4, 0.5) is 5.69 Å². The van der Waals surface area contributed by atoms with E-state index >= 15 is 0 Å². The van der Waals surface area contributed by atoms with Crippen molar-refractivity contribution >= 4 is 57.2 Å². The van der Waals surface area contributed by atoms with E-state index in [-0.39, 0.29) is 5.91 Å². The van der Waals surface area contributed by atoms with Crippen LogP contribution in [-0.4, -0.2) is 18.2 Å². The maximum Gasteiger partial charge on any atom is 0.264 e. The van der Waals surface area contributed by atoms with Crippen LogP contribution in [0.2, 0.25) is 0 Å². The van der Waals surface area contributed by atoms with E-state index in [2.05, 4.69) is 39.0 Å². The molecular formula is C26H23IN2O3S. The minimum atomic E-state index is -0.165. The molecule has 168 valence electrons. The average molecular weight is 570 g/mol. The average Bonchev–Trinajstić information content (AvgIpc) is 3.14. The molecule has 1 aliphatic rings. The molecule has 5 nitrogen and oxygen atoms in total. The monoisotopic (exact) mass is 570 g/mol. The van der Waals surface area contributed by atoms with Gasteiger partial charge in [0.15, 0.2) is 16.7 Å². The second-order valence-corrected chi connectivity index (χ2v) is 9.87. The van der Waals surface area contributed by atoms with Gasteiger partial charge < -0.3 is 14.8 Å². The molecule has 3 aromatic carbocycles. The highest BCUT2D eigenvalue weighted by Crippen LogP contribution is 2.33. The van der Waals surface area contributed by atoms with E-state index in [0.717, 1.165) is 22.4 Å². The third-order valence-electron chi connectivity index (χ3n) is 5.02. The summed E-state index contributed by atoms with van der Waals surface area (Å²) >= 11 is 3.60. The highest BCUT2D eigenvalue weighted by Gasteiger charge is 2.24. The van der Waals surface area contributed by atoms with Crippen LogP contribution in [0.25, 0.3) is 6.08 Å². The van der Waals surface area contributed by atoms with Crippen molar-refractivity contribution in [3.8, 4) is 11.5 Å². The number of carbonyl (C=O) groups excluding carboxylic acids is 1. The lowest BCUT2D eigenvalue weighted by atomic mass is 10.1. The van der Waals surface area contributed by atoms with E-state index in [9.17, 15) is 4.79 Å². The second kappa shape index (κ2) is 10.4. The first-order valence-electron chi connectivity index (χ1n) is 10.3. The van der Waals surface area contributed by atoms with Crippen molar-refractivity contribution in [3.05, 3.63) is 91.4 Å². The molecule has 0 radical (unpaired) electrons. The molecule has 1 saturated heterocycles. The molecule has 3 aromatic rings. The molecule has 1 N–H and O–H groups in total. The molecule has 7 heteroatoms. The van der Waals surface area contributed by atoms with E-state index in [1.54, 1.807) is 7.11 Å². The van der Waals surface area contributed by atoms with Crippen molar-refractivity contribution in [2.24, 2.45) is 4.99 Å². The van der Waals surface area contributed by atoms with Crippen molar-refractivity contribution in [3.63, 3.8) is 0 Å². The fourth-order valence-corrected chi connectivity index (χ4v) is 4.50. The molecule has 1 fully saturated rings. The van der Waals surface area contributed by atoms with E-state index < -0.39 is 0 Å². The fraction of sp³-hybridized carbons (Fsp3) is 0.154. The van der Waals surface area contributed by atoms with Crippen molar-refractivity contribution in [2.45, 2.75) is 20.5 Å². The Balaban J connectivity index is 1.49. The van der Waals surface area contributed by atoms with Gasteiger partial charge in [0.05, 0.1) is 17.7 Å². The zero-order valence-electron chi connectivity index (χ0n) is 18.5. The Morgan fingerprint density at radius 3 is 2.55 bits per heavy atom. The van der Waals surface area contributed by atoms with Crippen LogP contribution in [0.5, 0.6) is 11.5 Å². The minimum absolute atomic E-state index is 0.165. The number of benzene rings is 3. The van der Waals surface area contributed by atoms with Gasteiger partial charge in [0.1, 0.15) is 6.61 Å². The summed E-state index contributed by atoms with van der Waals surface area (Å²) in [6.07, 6.45) is 1.83. The molecule has 0 atom stereocenters. The summed E-state index contributed by atoms with van der Waals surface area (Å²) in [4.78, 5) is 17.7. The number of nitrogens with zero attached hydrogens (tertiary/aromatic N) is 1. The number of nitrogens with one attached hydrogen (secondary N) is 1. The van der Waals surface area contributed by atoms with Crippen molar-refractivity contribution < 1.29 is 14.3 Å². The molecule has 33 heavy (non-hydrogen) atoms. The molecule has 0 bridgehead atoms. The number of rotatable bonds is 6. The number of ether oxygens (including phenoxy) is 2. The molecule has 1 heterocycles. The maximum atomic E-state index is 12.5. The van der Waals surface area contributed by atoms with Gasteiger partial charge in [-0.15, -0.1) is 0 Å². The van der Waals surface area contributed by atoms with Crippen LogP contribution in [-0.2, 0) is 11.4 Å². The number of amidine groups is 1. The van der Waals surface area contributed by atoms with Crippen molar-refractivity contribution in [1.29, 1.82) is 0 Å². The molecule has 1 aliphatic heterocycles. The number of thioether (sulfide) groups is 1. The first kappa shape index (κ1) is 23.4. The lowest BCUT2D eigenvalue weighted by Gasteiger charge is -2.11. The zero-order valence-corrected chi connectivity index (χ0v) is 21.5. The van der Waals surface area contributed by atoms with E-state index in [1.807, 2.05) is 74.5 Å². The van der Waals surface area contributed by atoms with Crippen molar-refractivity contribution in [1.82, 2.24) is 5.32 Å². The summed E-state index contributed by atoms with van der Waals surface area (Å²) in [6, 6.07) is 19.9. The number of amides is 1. The summed E-state index contributed by atoms with van der Waals surface area (Å²) in [7, 11) is 1.61. The normalized spacial score (nSPS) is 15.7. The zero-order chi connectivity index (χ0) is 23.4. The van der Waals surface area contributed by atoms with E-state index in [1.165, 1.54) is 20.9 Å². The Kier molecular flexibility index (Phi) is 7.39. The largest absolute Gasteiger partial charge is 0.493 e. The number of aliphatic imine (C=N–C) groups is 1. The van der Waals surface area contributed by atoms with Gasteiger partial charge in [-0.1, -0.05) is 35.9 Å². The van der Waals surface area contributed by atoms with Crippen LogP contribution >= 0.6 is 34.4 Å². The van der Waals surface area contributed by atoms with Crippen LogP contribution in [0.3, 0.4) is 0 Å². The smallest absolute Gasteiger partial charge is 0.264 e. The van der Waals surface area contributed by atoms with Crippen molar-refractivity contribution in [2.75, 3.05) is 7.11 Å². The number of aryl methyl sites for hydroxylation is 2. The van der Waals surface area contributed by atoms with Gasteiger partial charge in [0.2, 0.25) is 0 Å². The fourth-order valence-electron chi connectivity index (χ4n) is 3.31. The predicted molar refractivity (Wildman–Crippen MR) is 143 cm³/mol. The third kappa shape index (κ3) is 5.97. The Morgan fingerprint density at radius 2 is 1.82 bits per heavy atom. The Morgan fingerprint density at radius 1 is 1.03 bits per heavy atom. The number of hydrogen-bond donors (Lipinski definition) is 1. The Hall–Kier alpha value is -2.78. The molecule has 0 aromatic heterocycles. The van der Waals surface area contributed by atoms with Gasteiger partial charge in [0.25, 0.3) is 5.91 Å². The molecule has 0 spiro atoms. The first-order valence-corrected chi connectivity index (χ1v) is 12.2. The quantitative estimate of drug-likeness (QED) is 0.276. The summed E-state index contributed by atoms with van der Waals surface area (Å²) < 4.78 is 12.7. The Labute approximate surface area is 211 Å². The first-order chi connectivity index (χ1) is 15.9. The standard InChI is InChI=1S/C26H23IN2O3S/c1-16-4-10-21(17(2)12-16)28-26-29-25(30)24(33-26)14-19-7-11-22(23(13-19)31-3)32-15-18-5-8-20(27)9-6-18/h4-14H,15H2,1-3H3,(H,28,29,30)/b24-14-. The van der Waals surface area contributed by atoms with Gasteiger partial charge in [-0.05, 0) is 101 Å². The second-order valence-electron chi connectivity index (χ2n) is 7.60. The van der Waals surface area contributed by atoms with Gasteiger partial charge in [-0.25, -0.2) is 4.99 Å². The Bertz CT molecular complexity index is 1250. The highest BCUT2D eigenvalue weighted by atomic mass is 127. The SMILES string of the molecule is COc1cc(/C=C2\SC(=Nc3ccc(C)cc3C)NC2=O)ccc1OCc1ccc(I)cc1. The van der Waals surface area contributed by atoms with Gasteiger partial charge >= 0.3 is 0 Å². The topological polar surface area (TPSA) is 59.9 Å². The van der Waals surface area contributed by atoms with Gasteiger partial charge in [0, 0.05) is 3.57 Å². The molecule has 0 aliphatic carbocycles. The highest BCUT2D eigenvalue weighted by molar-refractivity contribution is 14.1. The van der Waals surface area contributed by atoms with Gasteiger partial charge in [-0.2, -0.15) is 0 Å². The van der Waals surface area contributed by atoms with Crippen LogP contribution in [0, 0.1) is 17.4 Å². The summed E-state index contributed by atoms with van der Waals surface area (Å²) in [5, 5.41) is 3.42. The number of carbonyl (C=O) groups is 1. The minimum Gasteiger partial charge on any atom is -0.493 e. The predicted octanol–water partition coefficient (Wildman–Crippen LogP) is 6.39. The molecule has 0 unspecified atom stereocenters. The van der Waals surface area contributed by atoms with Crippen LogP contribution in [0.15, 0.2) is 70.6 Å². The molecular weight excluding hydrogens is 547 g/mol. The number of hydrogen-bond acceptors (Lipinski definition) is 5. The summed E-state index contributed by atoms with van der Waals surface area (Å²) in [6.45, 7) is 4.51. The van der Waals surface area contributed by atoms with Crippen LogP contribution in [0.1, 0.15) is 22.3 Å². The van der Waals surface area contributed by atoms with Crippen LogP contribution < -0.4 is 14.8 Å². The molecule has 1 amide bonds. The third-order valence-corrected chi connectivity index (χ3v) is 6.65. The lowest BCUT2D eigenvalue weighted by molar-refractivity contribution is -0.115. The summed E-state index contributed by atoms with van der Waals surface area (Å²) in [5.41, 5.74) is 5.03. The maximum absolute atomic E-state index is 12.5. The number of halogens is 1. The molecule has 0 saturated carbocycles.